The first-order chi connectivity index (χ1) is 13.0. The lowest BCUT2D eigenvalue weighted by molar-refractivity contribution is -0.119. The lowest BCUT2D eigenvalue weighted by Crippen LogP contribution is -2.40. The summed E-state index contributed by atoms with van der Waals surface area (Å²) in [5, 5.41) is 10.9. The van der Waals surface area contributed by atoms with Crippen molar-refractivity contribution in [2.75, 3.05) is 25.6 Å². The summed E-state index contributed by atoms with van der Waals surface area (Å²) in [7, 11) is 3.95. The molecule has 2 aromatic rings. The number of likely N-dealkylation sites (N-methyl/N-ethyl adjacent to an activating group) is 1. The number of carbonyl (C=O) groups is 2. The van der Waals surface area contributed by atoms with Crippen LogP contribution in [0, 0.1) is 0 Å². The van der Waals surface area contributed by atoms with E-state index in [2.05, 4.69) is 21.4 Å². The van der Waals surface area contributed by atoms with Crippen molar-refractivity contribution in [3.8, 4) is 0 Å². The Hall–Kier alpha value is -2.71. The summed E-state index contributed by atoms with van der Waals surface area (Å²) in [5.41, 5.74) is 6.56. The zero-order valence-electron chi connectivity index (χ0n) is 15.3. The molecular formula is C19H23N5O2S. The van der Waals surface area contributed by atoms with Crippen LogP contribution in [0.2, 0.25) is 0 Å². The SMILES string of the molecule is CN(C)C(CNC(=O)C1=NN(c2ccccc2)C(C(N)=O)C1)c1cccs1. The van der Waals surface area contributed by atoms with E-state index in [-0.39, 0.29) is 18.4 Å². The monoisotopic (exact) mass is 385 g/mol. The molecule has 142 valence electrons. The molecule has 0 aliphatic carbocycles. The number of hydrazone groups is 1. The van der Waals surface area contributed by atoms with E-state index >= 15 is 0 Å². The molecule has 2 amide bonds. The van der Waals surface area contributed by atoms with E-state index < -0.39 is 11.9 Å². The van der Waals surface area contributed by atoms with Crippen LogP contribution in [-0.2, 0) is 9.59 Å². The van der Waals surface area contributed by atoms with Crippen molar-refractivity contribution in [2.45, 2.75) is 18.5 Å². The van der Waals surface area contributed by atoms with Crippen LogP contribution < -0.4 is 16.1 Å². The summed E-state index contributed by atoms with van der Waals surface area (Å²) in [4.78, 5) is 27.7. The molecule has 3 N–H and O–H groups in total. The molecule has 2 atom stereocenters. The van der Waals surface area contributed by atoms with Crippen LogP contribution in [0.5, 0.6) is 0 Å². The Kier molecular flexibility index (Phi) is 5.88. The summed E-state index contributed by atoms with van der Waals surface area (Å²) in [6, 6.07) is 12.7. The van der Waals surface area contributed by atoms with E-state index in [1.807, 2.05) is 55.9 Å². The van der Waals surface area contributed by atoms with Crippen LogP contribution in [0.3, 0.4) is 0 Å². The normalized spacial score (nSPS) is 17.7. The third-order valence-corrected chi connectivity index (χ3v) is 5.45. The fourth-order valence-electron chi connectivity index (χ4n) is 3.00. The minimum absolute atomic E-state index is 0.0770. The van der Waals surface area contributed by atoms with Crippen LogP contribution in [0.1, 0.15) is 17.3 Å². The van der Waals surface area contributed by atoms with Crippen LogP contribution in [0.4, 0.5) is 5.69 Å². The van der Waals surface area contributed by atoms with Gasteiger partial charge in [-0.15, -0.1) is 11.3 Å². The van der Waals surface area contributed by atoms with E-state index in [9.17, 15) is 9.59 Å². The van der Waals surface area contributed by atoms with E-state index in [1.54, 1.807) is 11.3 Å². The van der Waals surface area contributed by atoms with Crippen LogP contribution in [0.25, 0.3) is 0 Å². The molecule has 0 bridgehead atoms. The molecule has 1 aliphatic heterocycles. The first-order valence-electron chi connectivity index (χ1n) is 8.66. The minimum atomic E-state index is -0.657. The molecule has 0 radical (unpaired) electrons. The van der Waals surface area contributed by atoms with Gasteiger partial charge in [0.05, 0.1) is 11.7 Å². The predicted octanol–water partition coefficient (Wildman–Crippen LogP) is 1.59. The molecule has 1 aromatic heterocycles. The minimum Gasteiger partial charge on any atom is -0.368 e. The molecule has 1 aromatic carbocycles. The molecule has 0 fully saturated rings. The third kappa shape index (κ3) is 4.35. The van der Waals surface area contributed by atoms with Crippen molar-refractivity contribution in [1.29, 1.82) is 0 Å². The maximum absolute atomic E-state index is 12.7. The smallest absolute Gasteiger partial charge is 0.267 e. The quantitative estimate of drug-likeness (QED) is 0.757. The van der Waals surface area contributed by atoms with Crippen LogP contribution in [0.15, 0.2) is 52.9 Å². The maximum atomic E-state index is 12.7. The number of carbonyl (C=O) groups excluding carboxylic acids is 2. The fourth-order valence-corrected chi connectivity index (χ4v) is 3.92. The zero-order valence-corrected chi connectivity index (χ0v) is 16.1. The van der Waals surface area contributed by atoms with Crippen molar-refractivity contribution < 1.29 is 9.59 Å². The zero-order chi connectivity index (χ0) is 19.4. The number of nitrogens with one attached hydrogen (secondary N) is 1. The molecule has 2 unspecified atom stereocenters. The number of anilines is 1. The highest BCUT2D eigenvalue weighted by Gasteiger charge is 2.35. The number of nitrogens with zero attached hydrogens (tertiary/aromatic N) is 3. The van der Waals surface area contributed by atoms with Gasteiger partial charge in [0, 0.05) is 17.8 Å². The number of benzene rings is 1. The Balaban J connectivity index is 1.71. The molecule has 1 aliphatic rings. The van der Waals surface area contributed by atoms with E-state index in [0.29, 0.717) is 12.3 Å². The largest absolute Gasteiger partial charge is 0.368 e. The molecule has 3 rings (SSSR count). The lowest BCUT2D eigenvalue weighted by atomic mass is 10.1. The average Bonchev–Trinajstić information content (AvgIpc) is 3.32. The Bertz CT molecular complexity index is 820. The standard InChI is InChI=1S/C19H23N5O2S/c1-23(2)16(17-9-6-10-27-17)12-21-19(26)14-11-15(18(20)25)24(22-14)13-7-4-3-5-8-13/h3-10,15-16H,11-12H2,1-2H3,(H2,20,25)(H,21,26). The molecule has 0 saturated carbocycles. The van der Waals surface area contributed by atoms with Gasteiger partial charge < -0.3 is 16.0 Å². The highest BCUT2D eigenvalue weighted by atomic mass is 32.1. The number of rotatable bonds is 7. The number of amides is 2. The van der Waals surface area contributed by atoms with E-state index in [0.717, 1.165) is 5.69 Å². The molecule has 0 saturated heterocycles. The van der Waals surface area contributed by atoms with Crippen LogP contribution >= 0.6 is 11.3 Å². The third-order valence-electron chi connectivity index (χ3n) is 4.47. The van der Waals surface area contributed by atoms with Crippen molar-refractivity contribution in [2.24, 2.45) is 10.8 Å². The van der Waals surface area contributed by atoms with Gasteiger partial charge in [0.2, 0.25) is 5.91 Å². The van der Waals surface area contributed by atoms with Crippen molar-refractivity contribution in [3.63, 3.8) is 0 Å². The molecule has 27 heavy (non-hydrogen) atoms. The van der Waals surface area contributed by atoms with Crippen molar-refractivity contribution in [3.05, 3.63) is 52.7 Å². The van der Waals surface area contributed by atoms with Crippen molar-refractivity contribution in [1.82, 2.24) is 10.2 Å². The van der Waals surface area contributed by atoms with Crippen molar-refractivity contribution >= 4 is 34.6 Å². The van der Waals surface area contributed by atoms with Gasteiger partial charge in [0.15, 0.2) is 0 Å². The van der Waals surface area contributed by atoms with Gasteiger partial charge in [-0.05, 0) is 37.7 Å². The molecular weight excluding hydrogens is 362 g/mol. The fraction of sp³-hybridized carbons (Fsp3) is 0.316. The number of nitrogens with two attached hydrogens (primary N) is 1. The van der Waals surface area contributed by atoms with Gasteiger partial charge in [-0.1, -0.05) is 24.3 Å². The van der Waals surface area contributed by atoms with Gasteiger partial charge in [0.25, 0.3) is 5.91 Å². The Morgan fingerprint density at radius 3 is 2.63 bits per heavy atom. The number of hydrogen-bond donors (Lipinski definition) is 2. The van der Waals surface area contributed by atoms with Gasteiger partial charge in [0.1, 0.15) is 11.8 Å². The molecule has 7 nitrogen and oxygen atoms in total. The second kappa shape index (κ2) is 8.32. The van der Waals surface area contributed by atoms with Crippen LogP contribution in [-0.4, -0.2) is 49.1 Å². The average molecular weight is 385 g/mol. The summed E-state index contributed by atoms with van der Waals surface area (Å²) in [5.74, 6) is -0.779. The van der Waals surface area contributed by atoms with E-state index in [4.69, 9.17) is 5.73 Å². The number of thiophene rings is 1. The summed E-state index contributed by atoms with van der Waals surface area (Å²) in [6.07, 6.45) is 0.196. The Morgan fingerprint density at radius 1 is 1.30 bits per heavy atom. The second-order valence-electron chi connectivity index (χ2n) is 6.55. The lowest BCUT2D eigenvalue weighted by Gasteiger charge is -2.23. The topological polar surface area (TPSA) is 91.0 Å². The highest BCUT2D eigenvalue weighted by Crippen LogP contribution is 2.25. The van der Waals surface area contributed by atoms with Gasteiger partial charge >= 0.3 is 0 Å². The number of para-hydroxylation sites is 1. The maximum Gasteiger partial charge on any atom is 0.267 e. The molecule has 0 spiro atoms. The van der Waals surface area contributed by atoms with E-state index in [1.165, 1.54) is 9.89 Å². The predicted molar refractivity (Wildman–Crippen MR) is 108 cm³/mol. The highest BCUT2D eigenvalue weighted by molar-refractivity contribution is 7.10. The first kappa shape index (κ1) is 19.1. The van der Waals surface area contributed by atoms with Gasteiger partial charge in [-0.2, -0.15) is 5.10 Å². The van der Waals surface area contributed by atoms with Gasteiger partial charge in [-0.3, -0.25) is 14.6 Å². The number of hydrogen-bond acceptors (Lipinski definition) is 6. The Labute approximate surface area is 162 Å². The first-order valence-corrected chi connectivity index (χ1v) is 9.54. The summed E-state index contributed by atoms with van der Waals surface area (Å²) in [6.45, 7) is 0.456. The Morgan fingerprint density at radius 2 is 2.04 bits per heavy atom. The summed E-state index contributed by atoms with van der Waals surface area (Å²) >= 11 is 1.65. The summed E-state index contributed by atoms with van der Waals surface area (Å²) < 4.78 is 0. The molecule has 2 heterocycles. The second-order valence-corrected chi connectivity index (χ2v) is 7.53. The number of primary amides is 1. The molecule has 8 heteroatoms. The van der Waals surface area contributed by atoms with Gasteiger partial charge in [-0.25, -0.2) is 0 Å².